The van der Waals surface area contributed by atoms with Crippen LogP contribution in [0.25, 0.3) is 11.4 Å². The second-order valence-electron chi connectivity index (χ2n) is 6.63. The van der Waals surface area contributed by atoms with Gasteiger partial charge in [-0.25, -0.2) is 0 Å². The molecule has 0 aromatic carbocycles. The number of nitrogens with zero attached hydrogens (tertiary/aromatic N) is 4. The topological polar surface area (TPSA) is 62.5 Å². The van der Waals surface area contributed by atoms with Crippen LogP contribution in [0.1, 0.15) is 38.5 Å². The van der Waals surface area contributed by atoms with Crippen LogP contribution in [0.15, 0.2) is 21.3 Å². The van der Waals surface area contributed by atoms with Crippen molar-refractivity contribution in [2.45, 2.75) is 51.2 Å². The summed E-state index contributed by atoms with van der Waals surface area (Å²) in [5.74, 6) is 1.52. The third-order valence-corrected chi connectivity index (χ3v) is 5.83. The SMILES string of the molecule is CC(=O)N1CCC[C@H]1[C@@H]1CCCN1Cc1nc(-c2ccsc2)no1. The number of amides is 1. The summed E-state index contributed by atoms with van der Waals surface area (Å²) in [7, 11) is 0. The molecule has 0 aliphatic carbocycles. The normalized spacial score (nSPS) is 24.8. The number of likely N-dealkylation sites (tertiary alicyclic amines) is 2. The van der Waals surface area contributed by atoms with Crippen LogP contribution < -0.4 is 0 Å². The highest BCUT2D eigenvalue weighted by molar-refractivity contribution is 7.08. The van der Waals surface area contributed by atoms with Gasteiger partial charge in [-0.1, -0.05) is 5.16 Å². The van der Waals surface area contributed by atoms with Crippen LogP contribution in [-0.2, 0) is 11.3 Å². The van der Waals surface area contributed by atoms with E-state index in [9.17, 15) is 4.79 Å². The monoisotopic (exact) mass is 346 g/mol. The van der Waals surface area contributed by atoms with Gasteiger partial charge in [-0.05, 0) is 43.7 Å². The molecular formula is C17H22N4O2S. The molecule has 4 rings (SSSR count). The summed E-state index contributed by atoms with van der Waals surface area (Å²) in [6.07, 6.45) is 4.51. The van der Waals surface area contributed by atoms with Gasteiger partial charge in [0.1, 0.15) is 0 Å². The first-order valence-corrected chi connectivity index (χ1v) is 9.53. The van der Waals surface area contributed by atoms with Crippen LogP contribution in [0.4, 0.5) is 0 Å². The minimum absolute atomic E-state index is 0.196. The first kappa shape index (κ1) is 15.8. The Bertz CT molecular complexity index is 699. The van der Waals surface area contributed by atoms with E-state index in [1.807, 2.05) is 21.7 Å². The second-order valence-corrected chi connectivity index (χ2v) is 7.41. The van der Waals surface area contributed by atoms with E-state index in [1.54, 1.807) is 18.3 Å². The van der Waals surface area contributed by atoms with Crippen molar-refractivity contribution in [3.05, 3.63) is 22.7 Å². The number of aromatic nitrogens is 2. The molecule has 1 amide bonds. The first-order valence-electron chi connectivity index (χ1n) is 8.59. The molecule has 0 unspecified atom stereocenters. The Morgan fingerprint density at radius 1 is 1.33 bits per heavy atom. The Balaban J connectivity index is 1.47. The molecule has 2 fully saturated rings. The zero-order valence-electron chi connectivity index (χ0n) is 13.9. The molecular weight excluding hydrogens is 324 g/mol. The van der Waals surface area contributed by atoms with Crippen molar-refractivity contribution in [3.8, 4) is 11.4 Å². The fraction of sp³-hybridized carbons (Fsp3) is 0.588. The molecule has 0 N–H and O–H groups in total. The highest BCUT2D eigenvalue weighted by atomic mass is 32.1. The molecule has 4 heterocycles. The van der Waals surface area contributed by atoms with E-state index in [0.29, 0.717) is 30.3 Å². The van der Waals surface area contributed by atoms with Gasteiger partial charge in [0, 0.05) is 36.5 Å². The van der Waals surface area contributed by atoms with Crippen molar-refractivity contribution in [1.82, 2.24) is 19.9 Å². The van der Waals surface area contributed by atoms with Crippen molar-refractivity contribution < 1.29 is 9.32 Å². The zero-order chi connectivity index (χ0) is 16.5. The van der Waals surface area contributed by atoms with E-state index in [1.165, 1.54) is 6.42 Å². The van der Waals surface area contributed by atoms with Gasteiger partial charge in [0.05, 0.1) is 6.54 Å². The van der Waals surface area contributed by atoms with E-state index in [2.05, 4.69) is 15.0 Å². The molecule has 2 aliphatic rings. The van der Waals surface area contributed by atoms with Crippen molar-refractivity contribution >= 4 is 17.2 Å². The molecule has 0 spiro atoms. The minimum Gasteiger partial charge on any atom is -0.338 e. The summed E-state index contributed by atoms with van der Waals surface area (Å²) in [6, 6.07) is 2.75. The Morgan fingerprint density at radius 2 is 2.17 bits per heavy atom. The van der Waals surface area contributed by atoms with Gasteiger partial charge >= 0.3 is 0 Å². The minimum atomic E-state index is 0.196. The van der Waals surface area contributed by atoms with Gasteiger partial charge in [-0.3, -0.25) is 9.69 Å². The molecule has 0 radical (unpaired) electrons. The quantitative estimate of drug-likeness (QED) is 0.852. The zero-order valence-corrected chi connectivity index (χ0v) is 14.7. The highest BCUT2D eigenvalue weighted by Crippen LogP contribution is 2.31. The molecule has 24 heavy (non-hydrogen) atoms. The molecule has 128 valence electrons. The highest BCUT2D eigenvalue weighted by Gasteiger charge is 2.39. The summed E-state index contributed by atoms with van der Waals surface area (Å²) in [4.78, 5) is 20.9. The molecule has 2 aromatic heterocycles. The van der Waals surface area contributed by atoms with Gasteiger partial charge in [-0.2, -0.15) is 16.3 Å². The predicted molar refractivity (Wildman–Crippen MR) is 91.5 cm³/mol. The van der Waals surface area contributed by atoms with E-state index in [4.69, 9.17) is 4.52 Å². The van der Waals surface area contributed by atoms with Crippen LogP contribution >= 0.6 is 11.3 Å². The van der Waals surface area contributed by atoms with Gasteiger partial charge < -0.3 is 9.42 Å². The standard InChI is InChI=1S/C17H22N4O2S/c1-12(22)21-8-3-5-15(21)14-4-2-7-20(14)10-16-18-17(19-23-16)13-6-9-24-11-13/h6,9,11,14-15H,2-5,7-8,10H2,1H3/t14-,15-/m0/s1. The lowest BCUT2D eigenvalue weighted by Crippen LogP contribution is -2.47. The van der Waals surface area contributed by atoms with Gasteiger partial charge in [0.15, 0.2) is 0 Å². The van der Waals surface area contributed by atoms with Crippen molar-refractivity contribution in [2.75, 3.05) is 13.1 Å². The van der Waals surface area contributed by atoms with E-state index in [-0.39, 0.29) is 5.91 Å². The number of carbonyl (C=O) groups excluding carboxylic acids is 1. The number of carbonyl (C=O) groups is 1. The molecule has 7 heteroatoms. The second kappa shape index (κ2) is 6.64. The molecule has 2 saturated heterocycles. The molecule has 0 saturated carbocycles. The van der Waals surface area contributed by atoms with E-state index >= 15 is 0 Å². The van der Waals surface area contributed by atoms with Crippen LogP contribution in [0.3, 0.4) is 0 Å². The Labute approximate surface area is 145 Å². The Kier molecular flexibility index (Phi) is 4.37. The van der Waals surface area contributed by atoms with Gasteiger partial charge in [0.25, 0.3) is 0 Å². The predicted octanol–water partition coefficient (Wildman–Crippen LogP) is 2.77. The average Bonchev–Trinajstić information content (AvgIpc) is 3.35. The van der Waals surface area contributed by atoms with Crippen molar-refractivity contribution in [3.63, 3.8) is 0 Å². The fourth-order valence-corrected chi connectivity index (χ4v) is 4.70. The Morgan fingerprint density at radius 3 is 2.96 bits per heavy atom. The van der Waals surface area contributed by atoms with Gasteiger partial charge in [-0.15, -0.1) is 0 Å². The molecule has 6 nitrogen and oxygen atoms in total. The van der Waals surface area contributed by atoms with Gasteiger partial charge in [0.2, 0.25) is 17.6 Å². The van der Waals surface area contributed by atoms with Crippen molar-refractivity contribution in [1.29, 1.82) is 0 Å². The summed E-state index contributed by atoms with van der Waals surface area (Å²) in [5, 5.41) is 8.13. The lowest BCUT2D eigenvalue weighted by molar-refractivity contribution is -0.130. The number of thiophene rings is 1. The lowest BCUT2D eigenvalue weighted by Gasteiger charge is -2.33. The maximum Gasteiger partial charge on any atom is 0.241 e. The van der Waals surface area contributed by atoms with E-state index < -0.39 is 0 Å². The molecule has 0 bridgehead atoms. The fourth-order valence-electron chi connectivity index (χ4n) is 4.07. The maximum absolute atomic E-state index is 11.9. The van der Waals surface area contributed by atoms with Crippen LogP contribution in [-0.4, -0.2) is 51.0 Å². The summed E-state index contributed by atoms with van der Waals surface area (Å²) in [6.45, 7) is 4.28. The van der Waals surface area contributed by atoms with Crippen molar-refractivity contribution in [2.24, 2.45) is 0 Å². The molecule has 2 atom stereocenters. The lowest BCUT2D eigenvalue weighted by atomic mass is 10.0. The summed E-state index contributed by atoms with van der Waals surface area (Å²) in [5.41, 5.74) is 1.01. The first-order chi connectivity index (χ1) is 11.7. The number of hydrogen-bond donors (Lipinski definition) is 0. The number of hydrogen-bond acceptors (Lipinski definition) is 6. The largest absolute Gasteiger partial charge is 0.338 e. The van der Waals surface area contributed by atoms with Crippen LogP contribution in [0.2, 0.25) is 0 Å². The Hall–Kier alpha value is -1.73. The average molecular weight is 346 g/mol. The number of rotatable bonds is 4. The van der Waals surface area contributed by atoms with Crippen LogP contribution in [0, 0.1) is 0 Å². The smallest absolute Gasteiger partial charge is 0.241 e. The summed E-state index contributed by atoms with van der Waals surface area (Å²) < 4.78 is 5.46. The molecule has 2 aliphatic heterocycles. The third-order valence-electron chi connectivity index (χ3n) is 5.15. The third kappa shape index (κ3) is 2.98. The van der Waals surface area contributed by atoms with Crippen LogP contribution in [0.5, 0.6) is 0 Å². The van der Waals surface area contributed by atoms with E-state index in [0.717, 1.165) is 37.9 Å². The molecule has 2 aromatic rings. The summed E-state index contributed by atoms with van der Waals surface area (Å²) >= 11 is 1.63. The maximum atomic E-state index is 11.9.